The lowest BCUT2D eigenvalue weighted by Gasteiger charge is -2.35. The van der Waals surface area contributed by atoms with Crippen molar-refractivity contribution >= 4 is 40.1 Å². The number of carbonyl (C=O) groups is 4. The fourth-order valence-electron chi connectivity index (χ4n) is 3.77. The molecule has 2 aliphatic rings. The third-order valence-electron chi connectivity index (χ3n) is 5.04. The Morgan fingerprint density at radius 1 is 1.17 bits per heavy atom. The van der Waals surface area contributed by atoms with E-state index in [1.165, 1.54) is 0 Å². The van der Waals surface area contributed by atoms with Crippen molar-refractivity contribution in [2.45, 2.75) is 18.9 Å². The van der Waals surface area contributed by atoms with E-state index in [1.807, 2.05) is 0 Å². The van der Waals surface area contributed by atoms with E-state index in [2.05, 4.69) is 20.7 Å². The van der Waals surface area contributed by atoms with Crippen LogP contribution in [-0.4, -0.2) is 47.7 Å². The summed E-state index contributed by atoms with van der Waals surface area (Å²) in [5, 5.41) is 9.95. The second kappa shape index (κ2) is 7.25. The van der Waals surface area contributed by atoms with Crippen molar-refractivity contribution in [3.63, 3.8) is 0 Å². The highest BCUT2D eigenvalue weighted by atomic mass is 16.2. The Hall–Kier alpha value is -3.91. The molecule has 146 valence electrons. The van der Waals surface area contributed by atoms with E-state index in [0.29, 0.717) is 23.2 Å². The summed E-state index contributed by atoms with van der Waals surface area (Å²) < 4.78 is 0. The van der Waals surface area contributed by atoms with Gasteiger partial charge in [-0.15, -0.1) is 0 Å². The van der Waals surface area contributed by atoms with Gasteiger partial charge in [0, 0.05) is 41.1 Å². The Morgan fingerprint density at radius 3 is 2.76 bits per heavy atom. The molecule has 0 radical (unpaired) electrons. The van der Waals surface area contributed by atoms with Crippen molar-refractivity contribution in [3.8, 4) is 0 Å². The second-order valence-corrected chi connectivity index (χ2v) is 6.72. The summed E-state index contributed by atoms with van der Waals surface area (Å²) in [5.74, 6) is -2.24. The predicted molar refractivity (Wildman–Crippen MR) is 103 cm³/mol. The van der Waals surface area contributed by atoms with Crippen molar-refractivity contribution < 1.29 is 19.2 Å². The van der Waals surface area contributed by atoms with Crippen LogP contribution in [0.3, 0.4) is 0 Å². The van der Waals surface area contributed by atoms with Gasteiger partial charge in [-0.2, -0.15) is 0 Å². The van der Waals surface area contributed by atoms with Crippen LogP contribution >= 0.6 is 0 Å². The molecule has 2 aromatic carbocycles. The summed E-state index contributed by atoms with van der Waals surface area (Å²) in [6.07, 6.45) is 0.135. The Kier molecular flexibility index (Phi) is 4.61. The Labute approximate surface area is 164 Å². The van der Waals surface area contributed by atoms with Crippen LogP contribution in [0.5, 0.6) is 0 Å². The van der Waals surface area contributed by atoms with E-state index in [-0.39, 0.29) is 24.9 Å². The fourth-order valence-corrected chi connectivity index (χ4v) is 3.77. The lowest BCUT2D eigenvalue weighted by molar-refractivity contribution is -0.136. The molecule has 4 amide bonds. The smallest absolute Gasteiger partial charge is 0.264 e. The average Bonchev–Trinajstić information content (AvgIpc) is 2.71. The maximum absolute atomic E-state index is 13.4. The van der Waals surface area contributed by atoms with Crippen molar-refractivity contribution in [3.05, 3.63) is 51.9 Å². The average molecular weight is 392 g/mol. The summed E-state index contributed by atoms with van der Waals surface area (Å²) in [5.41, 5.74) is 9.50. The molecular formula is C19H16N6O4. The number of nitrogens with one attached hydrogen (secondary N) is 2. The van der Waals surface area contributed by atoms with Crippen LogP contribution in [-0.2, 0) is 9.59 Å². The first kappa shape index (κ1) is 18.5. The van der Waals surface area contributed by atoms with E-state index in [0.717, 1.165) is 10.3 Å². The van der Waals surface area contributed by atoms with E-state index in [9.17, 15) is 19.2 Å². The van der Waals surface area contributed by atoms with Gasteiger partial charge in [0.15, 0.2) is 0 Å². The zero-order valence-electron chi connectivity index (χ0n) is 15.2. The van der Waals surface area contributed by atoms with Crippen LogP contribution in [0.1, 0.15) is 33.6 Å². The minimum atomic E-state index is -1.05. The van der Waals surface area contributed by atoms with Crippen LogP contribution in [0.15, 0.2) is 35.4 Å². The van der Waals surface area contributed by atoms with Crippen molar-refractivity contribution in [1.82, 2.24) is 10.2 Å². The highest BCUT2D eigenvalue weighted by Crippen LogP contribution is 2.36. The van der Waals surface area contributed by atoms with Gasteiger partial charge in [-0.25, -0.2) is 0 Å². The van der Waals surface area contributed by atoms with Crippen LogP contribution in [0, 0.1) is 0 Å². The molecule has 0 aromatic heterocycles. The number of amides is 4. The second-order valence-electron chi connectivity index (χ2n) is 6.72. The summed E-state index contributed by atoms with van der Waals surface area (Å²) in [6.45, 7) is 0.476. The molecule has 4 rings (SSSR count). The minimum absolute atomic E-state index is 0.0522. The molecule has 29 heavy (non-hydrogen) atoms. The maximum atomic E-state index is 13.4. The molecule has 10 nitrogen and oxygen atoms in total. The number of azide groups is 1. The Bertz CT molecular complexity index is 1120. The lowest BCUT2D eigenvalue weighted by atomic mass is 9.90. The van der Waals surface area contributed by atoms with Gasteiger partial charge in [0.1, 0.15) is 6.04 Å². The molecule has 0 saturated carbocycles. The maximum Gasteiger partial charge on any atom is 0.264 e. The van der Waals surface area contributed by atoms with Gasteiger partial charge in [0.2, 0.25) is 11.8 Å². The fraction of sp³-hybridized carbons (Fsp3) is 0.263. The van der Waals surface area contributed by atoms with E-state index < -0.39 is 29.7 Å². The number of anilines is 1. The van der Waals surface area contributed by atoms with Crippen LogP contribution < -0.4 is 10.6 Å². The molecule has 2 aliphatic heterocycles. The first-order valence-electron chi connectivity index (χ1n) is 9.05. The van der Waals surface area contributed by atoms with Crippen molar-refractivity contribution in [1.29, 1.82) is 0 Å². The lowest BCUT2D eigenvalue weighted by Crippen LogP contribution is -2.57. The topological polar surface area (TPSA) is 144 Å². The minimum Gasteiger partial charge on any atom is -0.384 e. The molecule has 1 unspecified atom stereocenters. The Balaban J connectivity index is 1.81. The van der Waals surface area contributed by atoms with Gasteiger partial charge in [0.05, 0.1) is 5.56 Å². The molecule has 2 heterocycles. The molecule has 0 spiro atoms. The third kappa shape index (κ3) is 3.05. The van der Waals surface area contributed by atoms with Crippen molar-refractivity contribution in [2.24, 2.45) is 5.11 Å². The van der Waals surface area contributed by atoms with Crippen LogP contribution in [0.25, 0.3) is 21.2 Å². The first-order valence-corrected chi connectivity index (χ1v) is 9.05. The van der Waals surface area contributed by atoms with Gasteiger partial charge < -0.3 is 5.32 Å². The monoisotopic (exact) mass is 392 g/mol. The molecule has 1 saturated heterocycles. The van der Waals surface area contributed by atoms with Gasteiger partial charge >= 0.3 is 0 Å². The number of piperidine rings is 1. The van der Waals surface area contributed by atoms with Crippen molar-refractivity contribution in [2.75, 3.05) is 18.4 Å². The number of hydrogen-bond donors (Lipinski definition) is 2. The van der Waals surface area contributed by atoms with Gasteiger partial charge in [-0.1, -0.05) is 23.3 Å². The molecule has 1 fully saturated rings. The number of nitrogens with zero attached hydrogens (tertiary/aromatic N) is 4. The standard InChI is InChI=1S/C19H16N6O4/c20-24-22-9-8-21-12-5-4-10-2-1-3-11-15(10)16(12)19(29)25(18(11)28)13-6-7-14(26)23-17(13)27/h1-5,13,21H,6-9H2,(H,23,26,27). The van der Waals surface area contributed by atoms with E-state index >= 15 is 0 Å². The largest absolute Gasteiger partial charge is 0.384 e. The Morgan fingerprint density at radius 2 is 2.00 bits per heavy atom. The number of imide groups is 2. The molecule has 1 atom stereocenters. The van der Waals surface area contributed by atoms with Crippen LogP contribution in [0.2, 0.25) is 0 Å². The molecule has 2 N–H and O–H groups in total. The molecule has 0 bridgehead atoms. The van der Waals surface area contributed by atoms with E-state index in [1.54, 1.807) is 30.3 Å². The van der Waals surface area contributed by atoms with E-state index in [4.69, 9.17) is 5.53 Å². The summed E-state index contributed by atoms with van der Waals surface area (Å²) in [4.78, 5) is 53.9. The normalized spacial score (nSPS) is 18.5. The molecular weight excluding hydrogens is 376 g/mol. The number of rotatable bonds is 5. The summed E-state index contributed by atoms with van der Waals surface area (Å²) in [7, 11) is 0. The zero-order valence-corrected chi connectivity index (χ0v) is 15.2. The SMILES string of the molecule is [N-]=[N+]=NCCNc1ccc2cccc3c2c1C(=O)N(C1CCC(=O)NC1=O)C3=O. The molecule has 10 heteroatoms. The quantitative estimate of drug-likeness (QED) is 0.263. The zero-order chi connectivity index (χ0) is 20.5. The summed E-state index contributed by atoms with van der Waals surface area (Å²) in [6, 6.07) is 7.59. The predicted octanol–water partition coefficient (Wildman–Crippen LogP) is 1.96. The van der Waals surface area contributed by atoms with Crippen LogP contribution in [0.4, 0.5) is 5.69 Å². The first-order chi connectivity index (χ1) is 14.0. The highest BCUT2D eigenvalue weighted by molar-refractivity contribution is 6.28. The highest BCUT2D eigenvalue weighted by Gasteiger charge is 2.43. The molecule has 2 aromatic rings. The number of hydrogen-bond acceptors (Lipinski definition) is 6. The number of carbonyl (C=O) groups excluding carboxylic acids is 4. The van der Waals surface area contributed by atoms with Gasteiger partial charge in [-0.3, -0.25) is 29.4 Å². The summed E-state index contributed by atoms with van der Waals surface area (Å²) >= 11 is 0. The van der Waals surface area contributed by atoms with Gasteiger partial charge in [-0.05, 0) is 29.5 Å². The number of benzene rings is 2. The third-order valence-corrected chi connectivity index (χ3v) is 5.04. The van der Waals surface area contributed by atoms with Gasteiger partial charge in [0.25, 0.3) is 11.8 Å². The molecule has 0 aliphatic carbocycles.